The van der Waals surface area contributed by atoms with Gasteiger partial charge in [0.25, 0.3) is 0 Å². The smallest absolute Gasteiger partial charge is 0.214 e. The first-order chi connectivity index (χ1) is 9.51. The predicted molar refractivity (Wildman–Crippen MR) is 87.5 cm³/mol. The molecular formula is C13H21BrN2O2S2. The summed E-state index contributed by atoms with van der Waals surface area (Å²) >= 11 is 5.20. The lowest BCUT2D eigenvalue weighted by Crippen LogP contribution is -2.45. The molecule has 1 aliphatic rings. The summed E-state index contributed by atoms with van der Waals surface area (Å²) in [5.41, 5.74) is 0. The zero-order valence-electron chi connectivity index (χ0n) is 11.6. The van der Waals surface area contributed by atoms with Crippen molar-refractivity contribution in [3.05, 3.63) is 20.8 Å². The number of hydrogen-bond acceptors (Lipinski definition) is 4. The van der Waals surface area contributed by atoms with Crippen molar-refractivity contribution in [2.75, 3.05) is 18.8 Å². The number of halogens is 1. The van der Waals surface area contributed by atoms with Gasteiger partial charge in [0.1, 0.15) is 0 Å². The third kappa shape index (κ3) is 4.53. The average molecular weight is 381 g/mol. The first-order valence-corrected chi connectivity index (χ1v) is 10.2. The molecule has 0 aliphatic carbocycles. The fraction of sp³-hybridized carbons (Fsp3) is 0.692. The van der Waals surface area contributed by atoms with E-state index >= 15 is 0 Å². The van der Waals surface area contributed by atoms with Gasteiger partial charge in [-0.3, -0.25) is 0 Å². The van der Waals surface area contributed by atoms with Crippen LogP contribution in [-0.2, 0) is 16.6 Å². The summed E-state index contributed by atoms with van der Waals surface area (Å²) in [6.45, 7) is 4.07. The Morgan fingerprint density at radius 3 is 2.65 bits per heavy atom. The van der Waals surface area contributed by atoms with Crippen LogP contribution in [0.4, 0.5) is 0 Å². The SMILES string of the molecule is CCCS(=O)(=O)N1CCC(NCc2ccc(Br)s2)CC1. The molecule has 0 saturated carbocycles. The molecule has 7 heteroatoms. The zero-order chi connectivity index (χ0) is 14.6. The third-order valence-electron chi connectivity index (χ3n) is 3.50. The molecule has 0 atom stereocenters. The van der Waals surface area contributed by atoms with E-state index in [2.05, 4.69) is 33.4 Å². The van der Waals surface area contributed by atoms with Gasteiger partial charge in [0.05, 0.1) is 9.54 Å². The second-order valence-corrected chi connectivity index (χ2v) is 9.71. The molecule has 0 radical (unpaired) electrons. The Labute approximate surface area is 133 Å². The standard InChI is InChI=1S/C13H21BrN2O2S2/c1-2-9-20(17,18)16-7-5-11(6-8-16)15-10-12-3-4-13(14)19-12/h3-4,11,15H,2,5-10H2,1H3. The monoisotopic (exact) mass is 380 g/mol. The minimum atomic E-state index is -3.02. The Balaban J connectivity index is 1.77. The Kier molecular flexibility index (Phi) is 6.04. The quantitative estimate of drug-likeness (QED) is 0.825. The van der Waals surface area contributed by atoms with E-state index in [1.807, 2.05) is 6.92 Å². The van der Waals surface area contributed by atoms with Crippen LogP contribution in [-0.4, -0.2) is 37.6 Å². The van der Waals surface area contributed by atoms with Gasteiger partial charge in [0.15, 0.2) is 0 Å². The molecule has 2 heterocycles. The van der Waals surface area contributed by atoms with Crippen molar-refractivity contribution in [3.8, 4) is 0 Å². The molecule has 2 rings (SSSR count). The fourth-order valence-electron chi connectivity index (χ4n) is 2.42. The Morgan fingerprint density at radius 1 is 1.40 bits per heavy atom. The molecule has 1 fully saturated rings. The van der Waals surface area contributed by atoms with Crippen molar-refractivity contribution >= 4 is 37.3 Å². The highest BCUT2D eigenvalue weighted by Crippen LogP contribution is 2.22. The fourth-order valence-corrected chi connectivity index (χ4v) is 5.39. The molecule has 114 valence electrons. The van der Waals surface area contributed by atoms with Crippen LogP contribution in [0.2, 0.25) is 0 Å². The molecule has 0 amide bonds. The van der Waals surface area contributed by atoms with Crippen LogP contribution >= 0.6 is 27.3 Å². The first kappa shape index (κ1) is 16.4. The number of thiophene rings is 1. The van der Waals surface area contributed by atoms with E-state index in [0.717, 1.165) is 23.2 Å². The maximum absolute atomic E-state index is 12.0. The summed E-state index contributed by atoms with van der Waals surface area (Å²) in [4.78, 5) is 1.30. The molecule has 0 spiro atoms. The minimum absolute atomic E-state index is 0.272. The second-order valence-electron chi connectivity index (χ2n) is 5.08. The second kappa shape index (κ2) is 7.35. The molecule has 0 aromatic carbocycles. The molecule has 1 aromatic heterocycles. The van der Waals surface area contributed by atoms with E-state index < -0.39 is 10.0 Å². The maximum atomic E-state index is 12.0. The third-order valence-corrected chi connectivity index (χ3v) is 7.20. The van der Waals surface area contributed by atoms with Crippen LogP contribution in [0.25, 0.3) is 0 Å². The molecule has 1 N–H and O–H groups in total. The zero-order valence-corrected chi connectivity index (χ0v) is 14.9. The Morgan fingerprint density at radius 2 is 2.10 bits per heavy atom. The highest BCUT2D eigenvalue weighted by atomic mass is 79.9. The maximum Gasteiger partial charge on any atom is 0.214 e. The van der Waals surface area contributed by atoms with Crippen LogP contribution in [0, 0.1) is 0 Å². The highest BCUT2D eigenvalue weighted by Gasteiger charge is 2.26. The molecule has 1 aromatic rings. The van der Waals surface area contributed by atoms with Gasteiger partial charge < -0.3 is 5.32 Å². The highest BCUT2D eigenvalue weighted by molar-refractivity contribution is 9.11. The van der Waals surface area contributed by atoms with Crippen LogP contribution in [0.3, 0.4) is 0 Å². The summed E-state index contributed by atoms with van der Waals surface area (Å²) < 4.78 is 26.7. The Hall–Kier alpha value is 0.0500. The van der Waals surface area contributed by atoms with Crippen molar-refractivity contribution < 1.29 is 8.42 Å². The van der Waals surface area contributed by atoms with Crippen molar-refractivity contribution in [1.82, 2.24) is 9.62 Å². The number of sulfonamides is 1. The van der Waals surface area contributed by atoms with E-state index in [4.69, 9.17) is 0 Å². The summed E-state index contributed by atoms with van der Waals surface area (Å²) in [5.74, 6) is 0.272. The molecule has 4 nitrogen and oxygen atoms in total. The molecule has 0 unspecified atom stereocenters. The van der Waals surface area contributed by atoms with E-state index in [-0.39, 0.29) is 5.75 Å². The summed E-state index contributed by atoms with van der Waals surface area (Å²) in [6.07, 6.45) is 2.48. The van der Waals surface area contributed by atoms with E-state index in [1.54, 1.807) is 15.6 Å². The van der Waals surface area contributed by atoms with Gasteiger partial charge in [-0.25, -0.2) is 12.7 Å². The summed E-state index contributed by atoms with van der Waals surface area (Å²) in [5, 5.41) is 3.52. The largest absolute Gasteiger partial charge is 0.309 e. The van der Waals surface area contributed by atoms with E-state index in [0.29, 0.717) is 25.6 Å². The van der Waals surface area contributed by atoms with Crippen LogP contribution in [0.1, 0.15) is 31.1 Å². The number of hydrogen-bond donors (Lipinski definition) is 1. The number of nitrogens with zero attached hydrogens (tertiary/aromatic N) is 1. The predicted octanol–water partition coefficient (Wildman–Crippen LogP) is 2.80. The lowest BCUT2D eigenvalue weighted by Gasteiger charge is -2.31. The normalized spacial score (nSPS) is 18.5. The number of rotatable bonds is 6. The molecule has 0 bridgehead atoms. The Bertz CT molecular complexity index is 522. The van der Waals surface area contributed by atoms with Crippen molar-refractivity contribution in [2.45, 2.75) is 38.8 Å². The van der Waals surface area contributed by atoms with Gasteiger partial charge >= 0.3 is 0 Å². The minimum Gasteiger partial charge on any atom is -0.309 e. The lowest BCUT2D eigenvalue weighted by atomic mass is 10.1. The average Bonchev–Trinajstić information content (AvgIpc) is 2.83. The summed E-state index contributed by atoms with van der Waals surface area (Å²) in [6, 6.07) is 4.59. The number of nitrogens with one attached hydrogen (secondary N) is 1. The van der Waals surface area contributed by atoms with E-state index in [9.17, 15) is 8.42 Å². The molecule has 1 aliphatic heterocycles. The van der Waals surface area contributed by atoms with E-state index in [1.165, 1.54) is 4.88 Å². The lowest BCUT2D eigenvalue weighted by molar-refractivity contribution is 0.289. The van der Waals surface area contributed by atoms with Crippen molar-refractivity contribution in [3.63, 3.8) is 0 Å². The molecule has 1 saturated heterocycles. The van der Waals surface area contributed by atoms with Crippen molar-refractivity contribution in [2.24, 2.45) is 0 Å². The molecular weight excluding hydrogens is 360 g/mol. The van der Waals surface area contributed by atoms with Gasteiger partial charge in [-0.05, 0) is 47.3 Å². The van der Waals surface area contributed by atoms with Crippen LogP contribution in [0.5, 0.6) is 0 Å². The van der Waals surface area contributed by atoms with Gasteiger partial charge in [-0.2, -0.15) is 0 Å². The van der Waals surface area contributed by atoms with Crippen LogP contribution < -0.4 is 5.32 Å². The molecule has 20 heavy (non-hydrogen) atoms. The summed E-state index contributed by atoms with van der Waals surface area (Å²) in [7, 11) is -3.02. The topological polar surface area (TPSA) is 49.4 Å². The van der Waals surface area contributed by atoms with Crippen LogP contribution in [0.15, 0.2) is 15.9 Å². The number of piperidine rings is 1. The van der Waals surface area contributed by atoms with Gasteiger partial charge in [-0.1, -0.05) is 6.92 Å². The van der Waals surface area contributed by atoms with Crippen molar-refractivity contribution in [1.29, 1.82) is 0 Å². The van der Waals surface area contributed by atoms with Gasteiger partial charge in [0.2, 0.25) is 10.0 Å². The van der Waals surface area contributed by atoms with Gasteiger partial charge in [-0.15, -0.1) is 11.3 Å². The first-order valence-electron chi connectivity index (χ1n) is 6.96. The van der Waals surface area contributed by atoms with Gasteiger partial charge in [0, 0.05) is 30.6 Å².